The van der Waals surface area contributed by atoms with Gasteiger partial charge in [0.25, 0.3) is 11.8 Å². The third kappa shape index (κ3) is 2.92. The van der Waals surface area contributed by atoms with Gasteiger partial charge in [-0.3, -0.25) is 9.59 Å². The van der Waals surface area contributed by atoms with Crippen LogP contribution in [0.15, 0.2) is 71.3 Å². The van der Waals surface area contributed by atoms with Gasteiger partial charge in [-0.2, -0.15) is 0 Å². The minimum Gasteiger partial charge on any atom is -0.459 e. The molecule has 1 aliphatic heterocycles. The lowest BCUT2D eigenvalue weighted by Gasteiger charge is -2.17. The number of benzene rings is 2. The number of hydrogen-bond donors (Lipinski definition) is 1. The molecule has 0 fully saturated rings. The van der Waals surface area contributed by atoms with Gasteiger partial charge in [-0.25, -0.2) is 0 Å². The molecule has 2 aromatic carbocycles. The molecule has 124 valence electrons. The van der Waals surface area contributed by atoms with Crippen LogP contribution in [0.5, 0.6) is 0 Å². The monoisotopic (exact) mass is 332 g/mol. The van der Waals surface area contributed by atoms with E-state index in [1.54, 1.807) is 23.1 Å². The molecule has 0 atom stereocenters. The van der Waals surface area contributed by atoms with Crippen molar-refractivity contribution >= 4 is 23.2 Å². The molecule has 0 saturated heterocycles. The van der Waals surface area contributed by atoms with E-state index in [0.717, 1.165) is 17.7 Å². The molecule has 2 heterocycles. The molecule has 5 heteroatoms. The second-order valence-electron chi connectivity index (χ2n) is 5.85. The van der Waals surface area contributed by atoms with Gasteiger partial charge in [-0.1, -0.05) is 18.2 Å². The highest BCUT2D eigenvalue weighted by Crippen LogP contribution is 2.31. The van der Waals surface area contributed by atoms with Crippen LogP contribution in [0.1, 0.15) is 26.5 Å². The van der Waals surface area contributed by atoms with Crippen molar-refractivity contribution in [3.8, 4) is 0 Å². The Bertz CT molecular complexity index is 917. The molecule has 1 aliphatic rings. The Balaban J connectivity index is 1.54. The molecule has 5 nitrogen and oxygen atoms in total. The van der Waals surface area contributed by atoms with Crippen molar-refractivity contribution in [2.75, 3.05) is 16.8 Å². The molecule has 3 aromatic rings. The fraction of sp³-hybridized carbons (Fsp3) is 0.100. The van der Waals surface area contributed by atoms with Gasteiger partial charge in [-0.05, 0) is 54.4 Å². The summed E-state index contributed by atoms with van der Waals surface area (Å²) in [5, 5.41) is 2.81. The number of anilines is 2. The molecule has 0 bridgehead atoms. The number of carbonyl (C=O) groups is 2. The number of amides is 2. The van der Waals surface area contributed by atoms with Crippen LogP contribution in [0.2, 0.25) is 0 Å². The number of nitrogens with one attached hydrogen (secondary N) is 1. The summed E-state index contributed by atoms with van der Waals surface area (Å²) >= 11 is 0. The average molecular weight is 332 g/mol. The maximum Gasteiger partial charge on any atom is 0.291 e. The number of nitrogens with zero attached hydrogens (tertiary/aromatic N) is 1. The SMILES string of the molecule is O=C(Nc1ccc2c(c1)CCN2C(=O)c1ccccc1)c1ccco1. The Morgan fingerprint density at radius 2 is 1.84 bits per heavy atom. The van der Waals surface area contributed by atoms with Crippen LogP contribution in [-0.4, -0.2) is 18.4 Å². The number of fused-ring (bicyclic) bond motifs is 1. The Kier molecular flexibility index (Phi) is 3.82. The van der Waals surface area contributed by atoms with Crippen LogP contribution in [0, 0.1) is 0 Å². The normalized spacial score (nSPS) is 12.7. The first-order chi connectivity index (χ1) is 12.2. The predicted molar refractivity (Wildman–Crippen MR) is 94.9 cm³/mol. The zero-order valence-electron chi connectivity index (χ0n) is 13.4. The quantitative estimate of drug-likeness (QED) is 0.795. The van der Waals surface area contributed by atoms with Crippen LogP contribution in [0.4, 0.5) is 11.4 Å². The average Bonchev–Trinajstić information content (AvgIpc) is 3.31. The fourth-order valence-electron chi connectivity index (χ4n) is 3.03. The summed E-state index contributed by atoms with van der Waals surface area (Å²) in [4.78, 5) is 26.5. The van der Waals surface area contributed by atoms with E-state index in [-0.39, 0.29) is 17.6 Å². The summed E-state index contributed by atoms with van der Waals surface area (Å²) in [6, 6.07) is 18.1. The van der Waals surface area contributed by atoms with E-state index in [0.29, 0.717) is 17.8 Å². The number of furan rings is 1. The molecule has 2 amide bonds. The molecular formula is C20H16N2O3. The molecule has 0 spiro atoms. The van der Waals surface area contributed by atoms with E-state index in [9.17, 15) is 9.59 Å². The first-order valence-corrected chi connectivity index (χ1v) is 8.07. The van der Waals surface area contributed by atoms with Gasteiger partial charge in [0.1, 0.15) is 0 Å². The first kappa shape index (κ1) is 15.2. The van der Waals surface area contributed by atoms with E-state index in [2.05, 4.69) is 5.32 Å². The van der Waals surface area contributed by atoms with Crippen LogP contribution in [0.3, 0.4) is 0 Å². The van der Waals surface area contributed by atoms with Gasteiger partial charge >= 0.3 is 0 Å². The van der Waals surface area contributed by atoms with Crippen molar-refractivity contribution < 1.29 is 14.0 Å². The summed E-state index contributed by atoms with van der Waals surface area (Å²) in [6.45, 7) is 0.638. The highest BCUT2D eigenvalue weighted by Gasteiger charge is 2.25. The molecule has 25 heavy (non-hydrogen) atoms. The molecule has 4 rings (SSSR count). The van der Waals surface area contributed by atoms with E-state index >= 15 is 0 Å². The van der Waals surface area contributed by atoms with Gasteiger partial charge in [0.15, 0.2) is 5.76 Å². The number of carbonyl (C=O) groups excluding carboxylic acids is 2. The summed E-state index contributed by atoms with van der Waals surface area (Å²) < 4.78 is 5.09. The molecule has 1 N–H and O–H groups in total. The molecular weight excluding hydrogens is 316 g/mol. The standard InChI is InChI=1S/C20H16N2O3/c23-19(18-7-4-12-25-18)21-16-8-9-17-15(13-16)10-11-22(17)20(24)14-5-2-1-3-6-14/h1-9,12-13H,10-11H2,(H,21,23). The van der Waals surface area contributed by atoms with E-state index in [1.807, 2.05) is 42.5 Å². The zero-order chi connectivity index (χ0) is 17.2. The van der Waals surface area contributed by atoms with Gasteiger partial charge in [0, 0.05) is 23.5 Å². The Labute approximate surface area is 144 Å². The van der Waals surface area contributed by atoms with Crippen LogP contribution < -0.4 is 10.2 Å². The van der Waals surface area contributed by atoms with Crippen molar-refractivity contribution in [1.29, 1.82) is 0 Å². The topological polar surface area (TPSA) is 62.6 Å². The fourth-order valence-corrected chi connectivity index (χ4v) is 3.03. The maximum absolute atomic E-state index is 12.7. The lowest BCUT2D eigenvalue weighted by Crippen LogP contribution is -2.28. The highest BCUT2D eigenvalue weighted by molar-refractivity contribution is 6.07. The van der Waals surface area contributed by atoms with Crippen LogP contribution >= 0.6 is 0 Å². The summed E-state index contributed by atoms with van der Waals surface area (Å²) in [7, 11) is 0. The summed E-state index contributed by atoms with van der Waals surface area (Å²) in [5.74, 6) is -0.0340. The van der Waals surface area contributed by atoms with E-state index in [1.165, 1.54) is 6.26 Å². The number of hydrogen-bond acceptors (Lipinski definition) is 3. The largest absolute Gasteiger partial charge is 0.459 e. The highest BCUT2D eigenvalue weighted by atomic mass is 16.3. The lowest BCUT2D eigenvalue weighted by atomic mass is 10.1. The smallest absolute Gasteiger partial charge is 0.291 e. The second kappa shape index (κ2) is 6.28. The van der Waals surface area contributed by atoms with Gasteiger partial charge in [-0.15, -0.1) is 0 Å². The first-order valence-electron chi connectivity index (χ1n) is 8.07. The molecule has 0 aliphatic carbocycles. The lowest BCUT2D eigenvalue weighted by molar-refractivity contribution is 0.0984. The predicted octanol–water partition coefficient (Wildman–Crippen LogP) is 3.73. The van der Waals surface area contributed by atoms with Crippen molar-refractivity contribution in [3.05, 3.63) is 83.8 Å². The Hall–Kier alpha value is -3.34. The molecule has 0 saturated carbocycles. The number of rotatable bonds is 3. The molecule has 1 aromatic heterocycles. The molecule has 0 radical (unpaired) electrons. The van der Waals surface area contributed by atoms with Crippen LogP contribution in [-0.2, 0) is 6.42 Å². The van der Waals surface area contributed by atoms with Crippen molar-refractivity contribution in [1.82, 2.24) is 0 Å². The maximum atomic E-state index is 12.7. The Morgan fingerprint density at radius 3 is 2.60 bits per heavy atom. The second-order valence-corrected chi connectivity index (χ2v) is 5.85. The van der Waals surface area contributed by atoms with Gasteiger partial charge in [0.05, 0.1) is 6.26 Å². The zero-order valence-corrected chi connectivity index (χ0v) is 13.4. The minimum absolute atomic E-state index is 0.00767. The third-order valence-electron chi connectivity index (χ3n) is 4.24. The van der Waals surface area contributed by atoms with Crippen LogP contribution in [0.25, 0.3) is 0 Å². The van der Waals surface area contributed by atoms with E-state index in [4.69, 9.17) is 4.42 Å². The minimum atomic E-state index is -0.292. The van der Waals surface area contributed by atoms with Gasteiger partial charge in [0.2, 0.25) is 0 Å². The molecule has 0 unspecified atom stereocenters. The van der Waals surface area contributed by atoms with Gasteiger partial charge < -0.3 is 14.6 Å². The summed E-state index contributed by atoms with van der Waals surface area (Å²) in [6.07, 6.45) is 2.23. The van der Waals surface area contributed by atoms with E-state index < -0.39 is 0 Å². The Morgan fingerprint density at radius 1 is 1.00 bits per heavy atom. The van der Waals surface area contributed by atoms with Crippen molar-refractivity contribution in [2.45, 2.75) is 6.42 Å². The van der Waals surface area contributed by atoms with Crippen molar-refractivity contribution in [3.63, 3.8) is 0 Å². The third-order valence-corrected chi connectivity index (χ3v) is 4.24. The van der Waals surface area contributed by atoms with Crippen molar-refractivity contribution in [2.24, 2.45) is 0 Å². The summed E-state index contributed by atoms with van der Waals surface area (Å²) in [5.41, 5.74) is 3.30.